The molecule has 0 saturated heterocycles. The van der Waals surface area contributed by atoms with Crippen LogP contribution in [-0.4, -0.2) is 65.2 Å². The molecule has 11 heteroatoms. The number of carboxylic acid groups (broad SMARTS) is 1. The van der Waals surface area contributed by atoms with Crippen LogP contribution < -0.4 is 27.8 Å². The minimum atomic E-state index is -1.46. The van der Waals surface area contributed by atoms with Crippen LogP contribution in [0.25, 0.3) is 0 Å². The van der Waals surface area contributed by atoms with Gasteiger partial charge in [0.1, 0.15) is 12.1 Å². The number of carboxylic acids is 1. The monoisotopic (exact) mass is 332 g/mol. The molecule has 0 aliphatic carbocycles. The second-order valence-corrected chi connectivity index (χ2v) is 4.88. The lowest BCUT2D eigenvalue weighted by Gasteiger charge is -2.21. The topological polar surface area (TPSA) is 206 Å². The molecule has 0 aromatic carbocycles. The van der Waals surface area contributed by atoms with Gasteiger partial charge in [-0.05, 0) is 19.8 Å². The summed E-state index contributed by atoms with van der Waals surface area (Å²) in [7, 11) is 0. The van der Waals surface area contributed by atoms with Crippen LogP contribution in [0, 0.1) is 0 Å². The maximum Gasteiger partial charge on any atom is 0.328 e. The molecule has 0 aliphatic rings. The van der Waals surface area contributed by atoms with Crippen molar-refractivity contribution in [2.75, 3.05) is 13.2 Å². The van der Waals surface area contributed by atoms with E-state index in [4.69, 9.17) is 27.4 Å². The highest BCUT2D eigenvalue weighted by atomic mass is 16.4. The summed E-state index contributed by atoms with van der Waals surface area (Å²) in [6.07, 6.45) is 0.533. The van der Waals surface area contributed by atoms with Crippen molar-refractivity contribution in [2.45, 2.75) is 37.9 Å². The number of hydrogen-bond acceptors (Lipinski definition) is 6. The fourth-order valence-electron chi connectivity index (χ4n) is 1.53. The van der Waals surface area contributed by atoms with Crippen LogP contribution in [0.5, 0.6) is 0 Å². The molecule has 0 heterocycles. The molecule has 132 valence electrons. The Kier molecular flexibility index (Phi) is 9.27. The van der Waals surface area contributed by atoms with E-state index in [0.29, 0.717) is 6.42 Å². The van der Waals surface area contributed by atoms with E-state index in [9.17, 15) is 14.4 Å². The number of rotatable bonds is 10. The SMILES string of the molecule is C[C@H](N)C(=O)N[C@@H](CCCN=C(N)N)C(=O)N[C@@H](CO)C(=O)O. The fraction of sp³-hybridized carbons (Fsp3) is 0.667. The van der Waals surface area contributed by atoms with Crippen LogP contribution in [0.2, 0.25) is 0 Å². The van der Waals surface area contributed by atoms with Gasteiger partial charge in [0.05, 0.1) is 12.6 Å². The number of amides is 2. The van der Waals surface area contributed by atoms with Crippen LogP contribution in [0.3, 0.4) is 0 Å². The van der Waals surface area contributed by atoms with Crippen molar-refractivity contribution in [3.8, 4) is 0 Å². The molecule has 0 rings (SSSR count). The molecule has 11 nitrogen and oxygen atoms in total. The molecule has 0 saturated carbocycles. The summed E-state index contributed by atoms with van der Waals surface area (Å²) in [6.45, 7) is 0.906. The second-order valence-electron chi connectivity index (χ2n) is 4.88. The highest BCUT2D eigenvalue weighted by molar-refractivity contribution is 5.91. The lowest BCUT2D eigenvalue weighted by Crippen LogP contribution is -2.54. The van der Waals surface area contributed by atoms with E-state index in [1.807, 2.05) is 0 Å². The largest absolute Gasteiger partial charge is 0.480 e. The van der Waals surface area contributed by atoms with Crippen molar-refractivity contribution >= 4 is 23.7 Å². The van der Waals surface area contributed by atoms with Gasteiger partial charge in [-0.25, -0.2) is 4.79 Å². The van der Waals surface area contributed by atoms with Crippen molar-refractivity contribution in [2.24, 2.45) is 22.2 Å². The number of aliphatic carboxylic acids is 1. The van der Waals surface area contributed by atoms with Crippen molar-refractivity contribution in [1.29, 1.82) is 0 Å². The Morgan fingerprint density at radius 3 is 2.13 bits per heavy atom. The predicted molar refractivity (Wildman–Crippen MR) is 82.1 cm³/mol. The first kappa shape index (κ1) is 20.6. The standard InChI is InChI=1S/C12H24N6O5/c1-6(13)9(20)17-7(3-2-4-16-12(14)15)10(21)18-8(5-19)11(22)23/h6-8,19H,2-5,13H2,1H3,(H,17,20)(H,18,21)(H,22,23)(H4,14,15,16)/t6-,7-,8-/m0/s1. The molecule has 2 amide bonds. The van der Waals surface area contributed by atoms with Crippen LogP contribution in [0.1, 0.15) is 19.8 Å². The van der Waals surface area contributed by atoms with Gasteiger partial charge in [0.15, 0.2) is 5.96 Å². The van der Waals surface area contributed by atoms with Gasteiger partial charge < -0.3 is 38.0 Å². The number of aliphatic imine (C=N–C) groups is 1. The molecule has 0 aromatic heterocycles. The lowest BCUT2D eigenvalue weighted by atomic mass is 10.1. The Labute approximate surface area is 133 Å². The third-order valence-corrected chi connectivity index (χ3v) is 2.79. The summed E-state index contributed by atoms with van der Waals surface area (Å²) in [6, 6.07) is -3.32. The molecule has 0 aromatic rings. The van der Waals surface area contributed by atoms with Gasteiger partial charge >= 0.3 is 5.97 Å². The van der Waals surface area contributed by atoms with Crippen molar-refractivity contribution in [1.82, 2.24) is 10.6 Å². The first-order valence-corrected chi connectivity index (χ1v) is 6.94. The normalized spacial score (nSPS) is 14.2. The van der Waals surface area contributed by atoms with E-state index >= 15 is 0 Å². The summed E-state index contributed by atoms with van der Waals surface area (Å²) >= 11 is 0. The quantitative estimate of drug-likeness (QED) is 0.121. The number of nitrogens with two attached hydrogens (primary N) is 3. The maximum absolute atomic E-state index is 12.1. The average Bonchev–Trinajstić information content (AvgIpc) is 2.46. The van der Waals surface area contributed by atoms with Crippen molar-refractivity contribution in [3.63, 3.8) is 0 Å². The average molecular weight is 332 g/mol. The Morgan fingerprint density at radius 1 is 1.13 bits per heavy atom. The van der Waals surface area contributed by atoms with E-state index in [0.717, 1.165) is 0 Å². The number of guanidine groups is 1. The predicted octanol–water partition coefficient (Wildman–Crippen LogP) is -3.57. The zero-order chi connectivity index (χ0) is 18.0. The summed E-state index contributed by atoms with van der Waals surface area (Å²) in [5, 5.41) is 22.3. The molecule has 23 heavy (non-hydrogen) atoms. The second kappa shape index (κ2) is 10.3. The molecule has 0 radical (unpaired) electrons. The number of aliphatic hydroxyl groups is 1. The zero-order valence-electron chi connectivity index (χ0n) is 12.9. The number of nitrogens with one attached hydrogen (secondary N) is 2. The molecule has 10 N–H and O–H groups in total. The van der Waals surface area contributed by atoms with Gasteiger partial charge in [0, 0.05) is 6.54 Å². The van der Waals surface area contributed by atoms with Gasteiger partial charge in [-0.2, -0.15) is 0 Å². The lowest BCUT2D eigenvalue weighted by molar-refractivity contribution is -0.143. The summed E-state index contributed by atoms with van der Waals surface area (Å²) < 4.78 is 0. The maximum atomic E-state index is 12.1. The smallest absolute Gasteiger partial charge is 0.328 e. The molecular formula is C12H24N6O5. The minimum absolute atomic E-state index is 0.100. The molecule has 0 spiro atoms. The van der Waals surface area contributed by atoms with Crippen molar-refractivity contribution < 1.29 is 24.6 Å². The van der Waals surface area contributed by atoms with Crippen LogP contribution in [0.4, 0.5) is 0 Å². The third-order valence-electron chi connectivity index (χ3n) is 2.79. The number of carbonyl (C=O) groups is 3. The van der Waals surface area contributed by atoms with E-state index in [1.165, 1.54) is 6.92 Å². The van der Waals surface area contributed by atoms with E-state index < -0.39 is 42.5 Å². The first-order valence-electron chi connectivity index (χ1n) is 6.94. The Morgan fingerprint density at radius 2 is 1.70 bits per heavy atom. The van der Waals surface area contributed by atoms with Gasteiger partial charge in [-0.1, -0.05) is 0 Å². The van der Waals surface area contributed by atoms with Crippen LogP contribution in [-0.2, 0) is 14.4 Å². The first-order chi connectivity index (χ1) is 10.7. The number of carbonyl (C=O) groups excluding carboxylic acids is 2. The molecule has 0 bridgehead atoms. The number of aliphatic hydroxyl groups excluding tert-OH is 1. The van der Waals surface area contributed by atoms with E-state index in [1.54, 1.807) is 0 Å². The van der Waals surface area contributed by atoms with Gasteiger partial charge in [0.2, 0.25) is 11.8 Å². The molecule has 0 aliphatic heterocycles. The third kappa shape index (κ3) is 8.58. The van der Waals surface area contributed by atoms with Gasteiger partial charge in [0.25, 0.3) is 0 Å². The Balaban J connectivity index is 4.80. The zero-order valence-corrected chi connectivity index (χ0v) is 12.9. The number of nitrogens with zero attached hydrogens (tertiary/aromatic N) is 1. The summed E-state index contributed by atoms with van der Waals surface area (Å²) in [5.74, 6) is -2.80. The Hall–Kier alpha value is -2.40. The molecule has 0 fully saturated rings. The van der Waals surface area contributed by atoms with Crippen molar-refractivity contribution in [3.05, 3.63) is 0 Å². The van der Waals surface area contributed by atoms with Crippen LogP contribution >= 0.6 is 0 Å². The van der Waals surface area contributed by atoms with E-state index in [-0.39, 0.29) is 18.9 Å². The number of hydrogen-bond donors (Lipinski definition) is 7. The molecular weight excluding hydrogens is 308 g/mol. The highest BCUT2D eigenvalue weighted by Gasteiger charge is 2.26. The fourth-order valence-corrected chi connectivity index (χ4v) is 1.53. The molecule has 3 atom stereocenters. The molecule has 0 unspecified atom stereocenters. The van der Waals surface area contributed by atoms with Gasteiger partial charge in [-0.3, -0.25) is 14.6 Å². The van der Waals surface area contributed by atoms with Gasteiger partial charge in [-0.15, -0.1) is 0 Å². The Bertz CT molecular complexity index is 449. The minimum Gasteiger partial charge on any atom is -0.480 e. The van der Waals surface area contributed by atoms with E-state index in [2.05, 4.69) is 15.6 Å². The van der Waals surface area contributed by atoms with Crippen LogP contribution in [0.15, 0.2) is 4.99 Å². The summed E-state index contributed by atoms with van der Waals surface area (Å²) in [4.78, 5) is 38.3. The highest BCUT2D eigenvalue weighted by Crippen LogP contribution is 2.00. The summed E-state index contributed by atoms with van der Waals surface area (Å²) in [5.41, 5.74) is 15.8.